The van der Waals surface area contributed by atoms with Gasteiger partial charge >= 0.3 is 0 Å². The van der Waals surface area contributed by atoms with Gasteiger partial charge in [-0.05, 0) is 32.9 Å². The molecule has 0 aliphatic heterocycles. The van der Waals surface area contributed by atoms with E-state index in [0.717, 1.165) is 5.69 Å². The van der Waals surface area contributed by atoms with Crippen LogP contribution in [0.2, 0.25) is 0 Å². The lowest BCUT2D eigenvalue weighted by atomic mass is 10.2. The standard InChI is InChI=1S/C14H20N2O2S/c1-14(2,3)19(17,18)10-9-16(4)13-8-6-5-7-12(13)11-15/h5-8H,9-10H2,1-4H3. The minimum Gasteiger partial charge on any atom is -0.373 e. The highest BCUT2D eigenvalue weighted by Crippen LogP contribution is 2.20. The van der Waals surface area contributed by atoms with Crippen molar-refractivity contribution in [2.75, 3.05) is 24.2 Å². The lowest BCUT2D eigenvalue weighted by molar-refractivity contribution is 0.559. The quantitative estimate of drug-likeness (QED) is 0.848. The van der Waals surface area contributed by atoms with Gasteiger partial charge in [0.15, 0.2) is 9.84 Å². The van der Waals surface area contributed by atoms with Crippen molar-refractivity contribution in [1.29, 1.82) is 5.26 Å². The molecule has 0 unspecified atom stereocenters. The molecule has 0 aromatic heterocycles. The van der Waals surface area contributed by atoms with Crippen molar-refractivity contribution in [3.63, 3.8) is 0 Å². The van der Waals surface area contributed by atoms with Crippen molar-refractivity contribution >= 4 is 15.5 Å². The van der Waals surface area contributed by atoms with Crippen LogP contribution >= 0.6 is 0 Å². The van der Waals surface area contributed by atoms with E-state index in [1.54, 1.807) is 40.0 Å². The van der Waals surface area contributed by atoms with Gasteiger partial charge in [-0.25, -0.2) is 8.42 Å². The van der Waals surface area contributed by atoms with Gasteiger partial charge in [0.05, 0.1) is 21.8 Å². The van der Waals surface area contributed by atoms with Gasteiger partial charge in [0, 0.05) is 13.6 Å². The van der Waals surface area contributed by atoms with E-state index >= 15 is 0 Å². The normalized spacial score (nSPS) is 11.9. The molecule has 0 aliphatic carbocycles. The van der Waals surface area contributed by atoms with Crippen LogP contribution in [0.15, 0.2) is 24.3 Å². The molecule has 19 heavy (non-hydrogen) atoms. The van der Waals surface area contributed by atoms with Gasteiger partial charge in [0.1, 0.15) is 6.07 Å². The van der Waals surface area contributed by atoms with Crippen molar-refractivity contribution in [2.45, 2.75) is 25.5 Å². The molecule has 0 heterocycles. The lowest BCUT2D eigenvalue weighted by Crippen LogP contribution is -2.35. The zero-order valence-corrected chi connectivity index (χ0v) is 12.7. The largest absolute Gasteiger partial charge is 0.373 e. The number of nitrogens with zero attached hydrogens (tertiary/aromatic N) is 2. The summed E-state index contributed by atoms with van der Waals surface area (Å²) in [6, 6.07) is 9.29. The highest BCUT2D eigenvalue weighted by atomic mass is 32.2. The van der Waals surface area contributed by atoms with Crippen LogP contribution in [0, 0.1) is 11.3 Å². The first-order valence-corrected chi connectivity index (χ1v) is 7.77. The van der Waals surface area contributed by atoms with Crippen molar-refractivity contribution in [1.82, 2.24) is 0 Å². The SMILES string of the molecule is CN(CCS(=O)(=O)C(C)(C)C)c1ccccc1C#N. The molecule has 0 saturated heterocycles. The summed E-state index contributed by atoms with van der Waals surface area (Å²) in [4.78, 5) is 1.81. The van der Waals surface area contributed by atoms with Crippen LogP contribution in [0.1, 0.15) is 26.3 Å². The fourth-order valence-electron chi connectivity index (χ4n) is 1.58. The molecule has 0 bridgehead atoms. The molecule has 0 N–H and O–H groups in total. The monoisotopic (exact) mass is 280 g/mol. The number of hydrogen-bond donors (Lipinski definition) is 0. The maximum absolute atomic E-state index is 12.1. The van der Waals surface area contributed by atoms with E-state index < -0.39 is 14.6 Å². The molecule has 0 fully saturated rings. The third kappa shape index (κ3) is 3.71. The van der Waals surface area contributed by atoms with Crippen molar-refractivity contribution in [3.05, 3.63) is 29.8 Å². The van der Waals surface area contributed by atoms with Crippen LogP contribution in [0.5, 0.6) is 0 Å². The molecular formula is C14H20N2O2S. The van der Waals surface area contributed by atoms with Gasteiger partial charge in [0.2, 0.25) is 0 Å². The Morgan fingerprint density at radius 3 is 2.37 bits per heavy atom. The van der Waals surface area contributed by atoms with Crippen molar-refractivity contribution in [3.8, 4) is 6.07 Å². The fourth-order valence-corrected chi connectivity index (χ4v) is 2.71. The molecular weight excluding hydrogens is 260 g/mol. The van der Waals surface area contributed by atoms with E-state index in [4.69, 9.17) is 5.26 Å². The van der Waals surface area contributed by atoms with Gasteiger partial charge < -0.3 is 4.90 Å². The van der Waals surface area contributed by atoms with Crippen LogP contribution in [0.4, 0.5) is 5.69 Å². The van der Waals surface area contributed by atoms with Crippen molar-refractivity contribution in [2.24, 2.45) is 0 Å². The van der Waals surface area contributed by atoms with Crippen LogP contribution < -0.4 is 4.90 Å². The first-order chi connectivity index (χ1) is 8.69. The molecule has 0 radical (unpaired) electrons. The molecule has 0 amide bonds. The predicted octanol–water partition coefficient (Wildman–Crippen LogP) is 2.21. The fraction of sp³-hybridized carbons (Fsp3) is 0.500. The number of anilines is 1. The van der Waals surface area contributed by atoms with Gasteiger partial charge in [-0.3, -0.25) is 0 Å². The highest BCUT2D eigenvalue weighted by molar-refractivity contribution is 7.92. The molecule has 1 aromatic carbocycles. The molecule has 0 aliphatic rings. The summed E-state index contributed by atoms with van der Waals surface area (Å²) in [5.74, 6) is 0.0762. The topological polar surface area (TPSA) is 61.2 Å². The number of rotatable bonds is 4. The smallest absolute Gasteiger partial charge is 0.156 e. The van der Waals surface area contributed by atoms with Crippen molar-refractivity contribution < 1.29 is 8.42 Å². The molecule has 0 atom stereocenters. The predicted molar refractivity (Wildman–Crippen MR) is 78.0 cm³/mol. The zero-order chi connectivity index (χ0) is 14.7. The van der Waals surface area contributed by atoms with Crippen LogP contribution in [0.3, 0.4) is 0 Å². The first-order valence-electron chi connectivity index (χ1n) is 6.11. The molecule has 5 heteroatoms. The second-order valence-electron chi connectivity index (χ2n) is 5.48. The molecule has 1 rings (SSSR count). The van der Waals surface area contributed by atoms with E-state index in [1.807, 2.05) is 17.0 Å². The van der Waals surface area contributed by atoms with Crippen LogP contribution in [0.25, 0.3) is 0 Å². The Morgan fingerprint density at radius 1 is 1.26 bits per heavy atom. The number of hydrogen-bond acceptors (Lipinski definition) is 4. The zero-order valence-electron chi connectivity index (χ0n) is 11.8. The Morgan fingerprint density at radius 2 is 1.84 bits per heavy atom. The third-order valence-electron chi connectivity index (χ3n) is 3.06. The van der Waals surface area contributed by atoms with Gasteiger partial charge in [-0.15, -0.1) is 0 Å². The average Bonchev–Trinajstić information content (AvgIpc) is 2.34. The summed E-state index contributed by atoms with van der Waals surface area (Å²) in [7, 11) is -1.34. The Hall–Kier alpha value is -1.54. The molecule has 0 spiro atoms. The van der Waals surface area contributed by atoms with E-state index in [9.17, 15) is 8.42 Å². The van der Waals surface area contributed by atoms with Gasteiger partial charge in [-0.2, -0.15) is 5.26 Å². The first kappa shape index (κ1) is 15.5. The summed E-state index contributed by atoms with van der Waals surface area (Å²) >= 11 is 0. The molecule has 4 nitrogen and oxygen atoms in total. The van der Waals surface area contributed by atoms with E-state index in [2.05, 4.69) is 6.07 Å². The summed E-state index contributed by atoms with van der Waals surface area (Å²) in [5, 5.41) is 9.03. The third-order valence-corrected chi connectivity index (χ3v) is 5.65. The summed E-state index contributed by atoms with van der Waals surface area (Å²) < 4.78 is 23.4. The maximum atomic E-state index is 12.1. The lowest BCUT2D eigenvalue weighted by Gasteiger charge is -2.24. The second kappa shape index (κ2) is 5.62. The molecule has 104 valence electrons. The maximum Gasteiger partial charge on any atom is 0.156 e. The highest BCUT2D eigenvalue weighted by Gasteiger charge is 2.28. The Labute approximate surface area is 115 Å². The van der Waals surface area contributed by atoms with E-state index in [0.29, 0.717) is 12.1 Å². The van der Waals surface area contributed by atoms with Gasteiger partial charge in [-0.1, -0.05) is 12.1 Å². The molecule has 1 aromatic rings. The van der Waals surface area contributed by atoms with Crippen LogP contribution in [-0.4, -0.2) is 32.5 Å². The number of benzene rings is 1. The van der Waals surface area contributed by atoms with E-state index in [1.165, 1.54) is 0 Å². The minimum absolute atomic E-state index is 0.0762. The Kier molecular flexibility index (Phi) is 4.59. The van der Waals surface area contributed by atoms with E-state index in [-0.39, 0.29) is 5.75 Å². The number of nitriles is 1. The summed E-state index contributed by atoms with van der Waals surface area (Å²) in [6.45, 7) is 5.47. The van der Waals surface area contributed by atoms with Gasteiger partial charge in [0.25, 0.3) is 0 Å². The number of sulfone groups is 1. The molecule has 0 saturated carbocycles. The average molecular weight is 280 g/mol. The Balaban J connectivity index is 2.83. The number of para-hydroxylation sites is 1. The second-order valence-corrected chi connectivity index (χ2v) is 8.34. The van der Waals surface area contributed by atoms with Crippen LogP contribution in [-0.2, 0) is 9.84 Å². The Bertz CT molecular complexity index is 580. The summed E-state index contributed by atoms with van der Waals surface area (Å²) in [5.41, 5.74) is 1.31. The summed E-state index contributed by atoms with van der Waals surface area (Å²) in [6.07, 6.45) is 0. The minimum atomic E-state index is -3.14.